The number of carbonyl (C=O) groups is 3. The first kappa shape index (κ1) is 13.4. The molecule has 1 aliphatic heterocycles. The highest BCUT2D eigenvalue weighted by molar-refractivity contribution is 6.12. The Morgan fingerprint density at radius 1 is 1.27 bits per heavy atom. The fourth-order valence-electron chi connectivity index (χ4n) is 0.905. The average Bonchev–Trinajstić information content (AvgIpc) is 2.51. The second kappa shape index (κ2) is 7.73. The molecule has 0 radical (unpaired) electrons. The molecule has 1 rings (SSSR count). The number of hydrogen-bond donors (Lipinski definition) is 2. The highest BCUT2D eigenvalue weighted by atomic mass is 16.2. The van der Waals surface area contributed by atoms with Crippen molar-refractivity contribution in [3.63, 3.8) is 0 Å². The minimum atomic E-state index is -0.329. The molecule has 1 aliphatic rings. The standard InChI is InChI=1S/C6H13NO.C4H3NO2/c1-2-3-4-5-6(7)8;6-3-1-2-4(7)5-3/h2-5H2,1H3,(H2,7,8);1-2H,(H,5,6,7). The molecule has 0 saturated carbocycles. The van der Waals surface area contributed by atoms with Crippen LogP contribution in [-0.2, 0) is 14.4 Å². The number of rotatable bonds is 4. The summed E-state index contributed by atoms with van der Waals surface area (Å²) in [5, 5.41) is 2.03. The molecule has 5 nitrogen and oxygen atoms in total. The minimum Gasteiger partial charge on any atom is -0.370 e. The van der Waals surface area contributed by atoms with Crippen molar-refractivity contribution in [3.05, 3.63) is 12.2 Å². The van der Waals surface area contributed by atoms with Crippen LogP contribution in [0.1, 0.15) is 32.6 Å². The van der Waals surface area contributed by atoms with Crippen LogP contribution in [0, 0.1) is 0 Å². The molecule has 3 amide bonds. The normalized spacial score (nSPS) is 13.1. The van der Waals surface area contributed by atoms with E-state index >= 15 is 0 Å². The van der Waals surface area contributed by atoms with Crippen LogP contribution >= 0.6 is 0 Å². The van der Waals surface area contributed by atoms with E-state index < -0.39 is 0 Å². The molecule has 1 heterocycles. The predicted molar refractivity (Wildman–Crippen MR) is 55.6 cm³/mol. The van der Waals surface area contributed by atoms with Crippen LogP contribution in [0.25, 0.3) is 0 Å². The van der Waals surface area contributed by atoms with Gasteiger partial charge in [-0.3, -0.25) is 19.7 Å². The van der Waals surface area contributed by atoms with Gasteiger partial charge in [0.05, 0.1) is 0 Å². The van der Waals surface area contributed by atoms with E-state index in [2.05, 4.69) is 6.92 Å². The number of nitrogens with two attached hydrogens (primary N) is 1. The van der Waals surface area contributed by atoms with Gasteiger partial charge in [0, 0.05) is 18.6 Å². The molecule has 0 spiro atoms. The highest BCUT2D eigenvalue weighted by Gasteiger charge is 2.06. The average molecular weight is 212 g/mol. The van der Waals surface area contributed by atoms with Crippen molar-refractivity contribution in [1.82, 2.24) is 5.32 Å². The third-order valence-corrected chi connectivity index (χ3v) is 1.66. The van der Waals surface area contributed by atoms with Gasteiger partial charge in [-0.05, 0) is 6.42 Å². The maximum absolute atomic E-state index is 10.1. The van der Waals surface area contributed by atoms with Crippen molar-refractivity contribution in [2.45, 2.75) is 32.6 Å². The summed E-state index contributed by atoms with van der Waals surface area (Å²) in [5.74, 6) is -0.839. The van der Waals surface area contributed by atoms with Crippen LogP contribution in [-0.4, -0.2) is 17.7 Å². The van der Waals surface area contributed by atoms with Gasteiger partial charge < -0.3 is 5.73 Å². The van der Waals surface area contributed by atoms with Crippen LogP contribution < -0.4 is 11.1 Å². The summed E-state index contributed by atoms with van der Waals surface area (Å²) in [6.45, 7) is 2.10. The molecule has 0 aliphatic carbocycles. The summed E-state index contributed by atoms with van der Waals surface area (Å²) in [4.78, 5) is 30.2. The van der Waals surface area contributed by atoms with Crippen LogP contribution in [0.4, 0.5) is 0 Å². The van der Waals surface area contributed by atoms with Gasteiger partial charge in [0.1, 0.15) is 0 Å². The number of nitrogens with one attached hydrogen (secondary N) is 1. The first-order valence-corrected chi connectivity index (χ1v) is 4.87. The lowest BCUT2D eigenvalue weighted by atomic mass is 10.2. The number of primary amides is 1. The number of hydrogen-bond acceptors (Lipinski definition) is 3. The van der Waals surface area contributed by atoms with E-state index in [1.807, 2.05) is 5.32 Å². The topological polar surface area (TPSA) is 89.3 Å². The molecule has 0 atom stereocenters. The van der Waals surface area contributed by atoms with E-state index in [0.29, 0.717) is 6.42 Å². The van der Waals surface area contributed by atoms with Gasteiger partial charge in [0.15, 0.2) is 0 Å². The molecule has 0 aromatic carbocycles. The molecule has 3 N–H and O–H groups in total. The van der Waals surface area contributed by atoms with Crippen molar-refractivity contribution in [3.8, 4) is 0 Å². The summed E-state index contributed by atoms with van der Waals surface area (Å²) in [5.41, 5.74) is 4.89. The molecular weight excluding hydrogens is 196 g/mol. The Morgan fingerprint density at radius 2 is 1.80 bits per heavy atom. The number of unbranched alkanes of at least 4 members (excludes halogenated alkanes) is 2. The number of carbonyl (C=O) groups excluding carboxylic acids is 3. The molecule has 0 fully saturated rings. The molecule has 0 saturated heterocycles. The van der Waals surface area contributed by atoms with Gasteiger partial charge in [0.2, 0.25) is 5.91 Å². The number of imide groups is 1. The quantitative estimate of drug-likeness (QED) is 0.517. The van der Waals surface area contributed by atoms with Crippen molar-refractivity contribution < 1.29 is 14.4 Å². The zero-order chi connectivity index (χ0) is 11.7. The Bertz CT molecular complexity index is 256. The predicted octanol–water partition coefficient (Wildman–Crippen LogP) is 0.251. The summed E-state index contributed by atoms with van der Waals surface area (Å²) in [7, 11) is 0. The van der Waals surface area contributed by atoms with Gasteiger partial charge >= 0.3 is 0 Å². The fourth-order valence-corrected chi connectivity index (χ4v) is 0.905. The third kappa shape index (κ3) is 8.67. The maximum atomic E-state index is 10.1. The SMILES string of the molecule is CCCCCC(N)=O.O=C1C=CC(=O)N1. The van der Waals surface area contributed by atoms with Crippen LogP contribution in [0.15, 0.2) is 12.2 Å². The van der Waals surface area contributed by atoms with Gasteiger partial charge in [-0.25, -0.2) is 0 Å². The Hall–Kier alpha value is -1.65. The molecule has 15 heavy (non-hydrogen) atoms. The lowest BCUT2D eigenvalue weighted by molar-refractivity contribution is -0.123. The molecule has 5 heteroatoms. The fraction of sp³-hybridized carbons (Fsp3) is 0.500. The highest BCUT2D eigenvalue weighted by Crippen LogP contribution is 1.96. The van der Waals surface area contributed by atoms with Gasteiger partial charge in [-0.15, -0.1) is 0 Å². The van der Waals surface area contributed by atoms with Gasteiger partial charge in [0.25, 0.3) is 11.8 Å². The van der Waals surface area contributed by atoms with Crippen molar-refractivity contribution in [1.29, 1.82) is 0 Å². The lowest BCUT2D eigenvalue weighted by Gasteiger charge is -1.90. The number of amides is 3. The Morgan fingerprint density at radius 3 is 2.07 bits per heavy atom. The summed E-state index contributed by atoms with van der Waals surface area (Å²) in [6, 6.07) is 0. The van der Waals surface area contributed by atoms with Crippen molar-refractivity contribution in [2.75, 3.05) is 0 Å². The van der Waals surface area contributed by atoms with Gasteiger partial charge in [-0.1, -0.05) is 19.8 Å². The molecule has 0 bridgehead atoms. The maximum Gasteiger partial charge on any atom is 0.250 e. The van der Waals surface area contributed by atoms with Crippen molar-refractivity contribution in [2.24, 2.45) is 5.73 Å². The zero-order valence-corrected chi connectivity index (χ0v) is 8.79. The molecule has 84 valence electrons. The smallest absolute Gasteiger partial charge is 0.250 e. The minimum absolute atomic E-state index is 0.182. The van der Waals surface area contributed by atoms with Crippen molar-refractivity contribution >= 4 is 17.7 Å². The summed E-state index contributed by atoms with van der Waals surface area (Å²) < 4.78 is 0. The molecular formula is C10H16N2O3. The summed E-state index contributed by atoms with van der Waals surface area (Å²) >= 11 is 0. The molecule has 0 aromatic rings. The second-order valence-electron chi connectivity index (χ2n) is 3.11. The Kier molecular flexibility index (Phi) is 6.88. The van der Waals surface area contributed by atoms with Gasteiger partial charge in [-0.2, -0.15) is 0 Å². The Balaban J connectivity index is 0.000000262. The molecule has 0 unspecified atom stereocenters. The molecule has 0 aromatic heterocycles. The van der Waals surface area contributed by atoms with E-state index in [4.69, 9.17) is 5.73 Å². The largest absolute Gasteiger partial charge is 0.370 e. The van der Waals surface area contributed by atoms with E-state index in [0.717, 1.165) is 19.3 Å². The van der Waals surface area contributed by atoms with E-state index in [9.17, 15) is 14.4 Å². The van der Waals surface area contributed by atoms with E-state index in [1.54, 1.807) is 0 Å². The first-order chi connectivity index (χ1) is 7.06. The second-order valence-corrected chi connectivity index (χ2v) is 3.11. The van der Waals surface area contributed by atoms with E-state index in [1.165, 1.54) is 12.2 Å². The monoisotopic (exact) mass is 212 g/mol. The van der Waals surface area contributed by atoms with Crippen LogP contribution in [0.2, 0.25) is 0 Å². The van der Waals surface area contributed by atoms with E-state index in [-0.39, 0.29) is 17.7 Å². The third-order valence-electron chi connectivity index (χ3n) is 1.66. The van der Waals surface area contributed by atoms with Crippen LogP contribution in [0.5, 0.6) is 0 Å². The Labute approximate surface area is 88.7 Å². The summed E-state index contributed by atoms with van der Waals surface area (Å²) in [6.07, 6.45) is 6.15. The first-order valence-electron chi connectivity index (χ1n) is 4.87. The van der Waals surface area contributed by atoms with Crippen LogP contribution in [0.3, 0.4) is 0 Å². The zero-order valence-electron chi connectivity index (χ0n) is 8.79. The lowest BCUT2D eigenvalue weighted by Crippen LogP contribution is -2.19.